The Bertz CT molecular complexity index is 1690. The van der Waals surface area contributed by atoms with Gasteiger partial charge < -0.3 is 30.5 Å². The minimum atomic E-state index is -4.02. The van der Waals surface area contributed by atoms with Gasteiger partial charge in [0.25, 0.3) is 5.91 Å². The molecular formula is C38H51F3N8O5. The Morgan fingerprint density at radius 3 is 2.31 bits per heavy atom. The maximum atomic E-state index is 15.9. The van der Waals surface area contributed by atoms with Crippen molar-refractivity contribution in [2.45, 2.75) is 76.8 Å². The van der Waals surface area contributed by atoms with E-state index >= 15 is 13.2 Å². The lowest BCUT2D eigenvalue weighted by Gasteiger charge is -2.37. The van der Waals surface area contributed by atoms with E-state index in [1.54, 1.807) is 17.9 Å². The van der Waals surface area contributed by atoms with Crippen LogP contribution in [0.25, 0.3) is 0 Å². The van der Waals surface area contributed by atoms with Crippen molar-refractivity contribution >= 4 is 29.3 Å². The molecule has 1 aromatic carbocycles. The molecule has 54 heavy (non-hydrogen) atoms. The number of likely N-dealkylation sites (N-methyl/N-ethyl adjacent to an activating group) is 1. The standard InChI is InChI=1S/C38H51F3N8O5/c1-7-28(33(46-34(50)24(3)21-44-42-4)36(52)49-18-16-48(5)17-19-49)26-12-14-30(29(39)20-26)45-35(51)32(25-10-8-23(2)9-11-25)47-37(53)38(40,41)27-13-15-31(54-6)43-22-27/h12-15,20-23,25,28,32-33H,7-11,16-19H2,1-6H3,(H,45,51)(H,46,50)(H,47,53)/b24-21+,44-42?/t23?,25?,28-,32-,33?/m0/s1. The second-order valence-corrected chi connectivity index (χ2v) is 14.1. The topological polar surface area (TPSA) is 158 Å². The first-order valence-electron chi connectivity index (χ1n) is 18.2. The number of nitrogens with zero attached hydrogens (tertiary/aromatic N) is 5. The van der Waals surface area contributed by atoms with Gasteiger partial charge in [-0.3, -0.25) is 19.2 Å². The maximum absolute atomic E-state index is 15.9. The van der Waals surface area contributed by atoms with Crippen molar-refractivity contribution in [3.8, 4) is 5.88 Å². The van der Waals surface area contributed by atoms with E-state index in [9.17, 15) is 19.2 Å². The van der Waals surface area contributed by atoms with Crippen LogP contribution in [0.15, 0.2) is 58.5 Å². The molecule has 4 amide bonds. The Labute approximate surface area is 314 Å². The first-order valence-corrected chi connectivity index (χ1v) is 18.2. The van der Waals surface area contributed by atoms with Crippen LogP contribution >= 0.6 is 0 Å². The molecule has 2 aromatic rings. The molecular weight excluding hydrogens is 705 g/mol. The molecule has 3 atom stereocenters. The minimum absolute atomic E-state index is 0.0892. The number of methoxy groups -OCH3 is 1. The Morgan fingerprint density at radius 2 is 1.74 bits per heavy atom. The van der Waals surface area contributed by atoms with Gasteiger partial charge in [0, 0.05) is 62.5 Å². The molecule has 0 bridgehead atoms. The lowest BCUT2D eigenvalue weighted by Crippen LogP contribution is -2.56. The van der Waals surface area contributed by atoms with Gasteiger partial charge >= 0.3 is 5.92 Å². The average Bonchev–Trinajstić information content (AvgIpc) is 3.17. The number of pyridine rings is 1. The van der Waals surface area contributed by atoms with Crippen LogP contribution in [-0.2, 0) is 25.1 Å². The summed E-state index contributed by atoms with van der Waals surface area (Å²) in [7, 11) is 4.74. The van der Waals surface area contributed by atoms with Gasteiger partial charge in [0.2, 0.25) is 23.6 Å². The van der Waals surface area contributed by atoms with Crippen molar-refractivity contribution in [1.29, 1.82) is 0 Å². The highest BCUT2D eigenvalue weighted by Gasteiger charge is 2.45. The van der Waals surface area contributed by atoms with Gasteiger partial charge in [0.1, 0.15) is 17.9 Å². The van der Waals surface area contributed by atoms with Crippen molar-refractivity contribution in [3.05, 3.63) is 65.2 Å². The van der Waals surface area contributed by atoms with Crippen molar-refractivity contribution < 1.29 is 37.1 Å². The lowest BCUT2D eigenvalue weighted by atomic mass is 9.79. The number of amides is 4. The number of hydrogen-bond acceptors (Lipinski definition) is 9. The molecule has 294 valence electrons. The van der Waals surface area contributed by atoms with Gasteiger partial charge in [-0.25, -0.2) is 9.37 Å². The molecule has 1 aliphatic heterocycles. The number of ether oxygens (including phenoxy) is 1. The minimum Gasteiger partial charge on any atom is -0.481 e. The number of carbonyl (C=O) groups excluding carboxylic acids is 4. The van der Waals surface area contributed by atoms with Gasteiger partial charge in [0.15, 0.2) is 0 Å². The number of carbonyl (C=O) groups is 4. The number of piperazine rings is 1. The normalized spacial score (nSPS) is 20.2. The number of rotatable bonds is 14. The van der Waals surface area contributed by atoms with E-state index in [2.05, 4.69) is 43.0 Å². The van der Waals surface area contributed by atoms with Crippen molar-refractivity contribution in [3.63, 3.8) is 0 Å². The van der Waals surface area contributed by atoms with Crippen LogP contribution < -0.4 is 20.7 Å². The van der Waals surface area contributed by atoms with Gasteiger partial charge in [0.05, 0.1) is 19.0 Å². The number of benzene rings is 1. The monoisotopic (exact) mass is 756 g/mol. The maximum Gasteiger partial charge on any atom is 0.351 e. The number of aromatic nitrogens is 1. The van der Waals surface area contributed by atoms with E-state index in [0.29, 0.717) is 56.9 Å². The summed E-state index contributed by atoms with van der Waals surface area (Å²) in [5.74, 6) is -8.91. The molecule has 2 aliphatic rings. The molecule has 16 heteroatoms. The zero-order valence-electron chi connectivity index (χ0n) is 31.7. The second-order valence-electron chi connectivity index (χ2n) is 14.1. The third kappa shape index (κ3) is 10.4. The Morgan fingerprint density at radius 1 is 1.06 bits per heavy atom. The predicted octanol–water partition coefficient (Wildman–Crippen LogP) is 5.01. The molecule has 1 aromatic heterocycles. The molecule has 1 saturated heterocycles. The summed E-state index contributed by atoms with van der Waals surface area (Å²) >= 11 is 0. The Balaban J connectivity index is 1.59. The molecule has 1 saturated carbocycles. The number of azo groups is 1. The summed E-state index contributed by atoms with van der Waals surface area (Å²) in [6.07, 6.45) is 4.92. The van der Waals surface area contributed by atoms with Gasteiger partial charge in [-0.05, 0) is 68.8 Å². The molecule has 13 nitrogen and oxygen atoms in total. The summed E-state index contributed by atoms with van der Waals surface area (Å²) in [4.78, 5) is 61.5. The van der Waals surface area contributed by atoms with Crippen LogP contribution in [0.2, 0.25) is 0 Å². The fourth-order valence-electron chi connectivity index (χ4n) is 6.82. The van der Waals surface area contributed by atoms with E-state index in [1.807, 2.05) is 14.0 Å². The fraction of sp³-hybridized carbons (Fsp3) is 0.553. The van der Waals surface area contributed by atoms with Crippen molar-refractivity contribution in [2.75, 3.05) is 52.7 Å². The zero-order chi connectivity index (χ0) is 39.6. The number of halogens is 3. The van der Waals surface area contributed by atoms with E-state index in [-0.39, 0.29) is 23.0 Å². The predicted molar refractivity (Wildman–Crippen MR) is 196 cm³/mol. The Kier molecular flexibility index (Phi) is 14.7. The van der Waals surface area contributed by atoms with E-state index in [1.165, 1.54) is 38.6 Å². The summed E-state index contributed by atoms with van der Waals surface area (Å²) < 4.78 is 51.6. The number of nitrogens with one attached hydrogen (secondary N) is 3. The number of alkyl halides is 2. The molecule has 2 heterocycles. The van der Waals surface area contributed by atoms with Crippen molar-refractivity contribution in [1.82, 2.24) is 25.4 Å². The van der Waals surface area contributed by atoms with Gasteiger partial charge in [-0.15, -0.1) is 0 Å². The lowest BCUT2D eigenvalue weighted by molar-refractivity contribution is -0.149. The van der Waals surface area contributed by atoms with E-state index in [4.69, 9.17) is 4.74 Å². The van der Waals surface area contributed by atoms with E-state index in [0.717, 1.165) is 25.1 Å². The second kappa shape index (κ2) is 18.9. The highest BCUT2D eigenvalue weighted by molar-refractivity contribution is 5.99. The highest BCUT2D eigenvalue weighted by atomic mass is 19.3. The summed E-state index contributed by atoms with van der Waals surface area (Å²) in [5.41, 5.74) is -0.289. The zero-order valence-corrected chi connectivity index (χ0v) is 31.7. The largest absolute Gasteiger partial charge is 0.481 e. The van der Waals surface area contributed by atoms with E-state index < -0.39 is 58.9 Å². The SMILES string of the molecule is CC[C@@H](c1ccc(NC(=O)[C@@H](NC(=O)C(F)(F)c2ccc(OC)nc2)C2CCC(C)CC2)c(F)c1)C(NC(=O)/C(C)=C/N=NC)C(=O)N1CCN(C)CC1. The molecule has 0 radical (unpaired) electrons. The Hall–Kier alpha value is -4.86. The fourth-order valence-corrected chi connectivity index (χ4v) is 6.82. The molecule has 1 unspecified atom stereocenters. The third-order valence-electron chi connectivity index (χ3n) is 10.3. The molecule has 0 spiro atoms. The number of hydrogen-bond donors (Lipinski definition) is 3. The molecule has 3 N–H and O–H groups in total. The third-order valence-corrected chi connectivity index (χ3v) is 10.3. The summed E-state index contributed by atoms with van der Waals surface area (Å²) in [5, 5.41) is 15.0. The summed E-state index contributed by atoms with van der Waals surface area (Å²) in [6, 6.07) is 3.87. The van der Waals surface area contributed by atoms with Crippen LogP contribution in [0.3, 0.4) is 0 Å². The number of anilines is 1. The molecule has 1 aliphatic carbocycles. The van der Waals surface area contributed by atoms with Crippen LogP contribution in [0, 0.1) is 17.7 Å². The smallest absolute Gasteiger partial charge is 0.351 e. The first kappa shape index (κ1) is 41.9. The van der Waals surface area contributed by atoms with Crippen LogP contribution in [-0.4, -0.2) is 97.9 Å². The highest BCUT2D eigenvalue weighted by Crippen LogP contribution is 2.34. The van der Waals surface area contributed by atoms with Crippen LogP contribution in [0.1, 0.15) is 69.9 Å². The quantitative estimate of drug-likeness (QED) is 0.181. The molecule has 4 rings (SSSR count). The van der Waals surface area contributed by atoms with Gasteiger partial charge in [-0.1, -0.05) is 32.8 Å². The summed E-state index contributed by atoms with van der Waals surface area (Å²) in [6.45, 7) is 7.63. The first-order chi connectivity index (χ1) is 25.7. The van der Waals surface area contributed by atoms with Crippen molar-refractivity contribution in [2.24, 2.45) is 22.1 Å². The molecule has 2 fully saturated rings. The van der Waals surface area contributed by atoms with Crippen LogP contribution in [0.4, 0.5) is 18.9 Å². The average molecular weight is 757 g/mol. The van der Waals surface area contributed by atoms with Crippen LogP contribution in [0.5, 0.6) is 5.88 Å². The van der Waals surface area contributed by atoms with Gasteiger partial charge in [-0.2, -0.15) is 19.0 Å².